The lowest BCUT2D eigenvalue weighted by Crippen LogP contribution is -2.00. The van der Waals surface area contributed by atoms with E-state index in [0.29, 0.717) is 0 Å². The Kier molecular flexibility index (Phi) is 4.41. The monoisotopic (exact) mass is 128 g/mol. The van der Waals surface area contributed by atoms with E-state index in [4.69, 9.17) is 5.11 Å². The molecule has 0 saturated heterocycles. The Balaban J connectivity index is 3.49. The topological polar surface area (TPSA) is 20.2 Å². The van der Waals surface area contributed by atoms with Crippen molar-refractivity contribution in [2.45, 2.75) is 39.7 Å². The van der Waals surface area contributed by atoms with E-state index in [1.807, 2.05) is 19.9 Å². The zero-order valence-corrected chi connectivity index (χ0v) is 6.52. The van der Waals surface area contributed by atoms with Crippen molar-refractivity contribution in [3.63, 3.8) is 0 Å². The van der Waals surface area contributed by atoms with Crippen LogP contribution in [0.25, 0.3) is 0 Å². The zero-order valence-electron chi connectivity index (χ0n) is 6.52. The van der Waals surface area contributed by atoms with Crippen LogP contribution in [0.5, 0.6) is 0 Å². The van der Waals surface area contributed by atoms with E-state index < -0.39 is 0 Å². The first-order valence-electron chi connectivity index (χ1n) is 3.50. The summed E-state index contributed by atoms with van der Waals surface area (Å²) in [6, 6.07) is 0. The molecule has 0 spiro atoms. The fourth-order valence-electron chi connectivity index (χ4n) is 0.764. The maximum atomic E-state index is 9.14. The molecule has 1 atom stereocenters. The molecule has 1 heteroatoms. The van der Waals surface area contributed by atoms with Crippen LogP contribution in [0.1, 0.15) is 33.6 Å². The molecule has 0 aromatic heterocycles. The molecule has 0 aliphatic heterocycles. The van der Waals surface area contributed by atoms with Crippen molar-refractivity contribution >= 4 is 0 Å². The van der Waals surface area contributed by atoms with E-state index in [1.165, 1.54) is 5.57 Å². The Morgan fingerprint density at radius 3 is 2.44 bits per heavy atom. The molecule has 1 N–H and O–H groups in total. The van der Waals surface area contributed by atoms with Gasteiger partial charge in [-0.25, -0.2) is 0 Å². The summed E-state index contributed by atoms with van der Waals surface area (Å²) in [5.74, 6) is 0. The maximum Gasteiger partial charge on any atom is 0.0723 e. The van der Waals surface area contributed by atoms with Crippen LogP contribution < -0.4 is 0 Å². The zero-order chi connectivity index (χ0) is 7.28. The lowest BCUT2D eigenvalue weighted by Gasteiger charge is -2.01. The summed E-state index contributed by atoms with van der Waals surface area (Å²) < 4.78 is 0. The fourth-order valence-corrected chi connectivity index (χ4v) is 0.764. The largest absolute Gasteiger partial charge is 0.389 e. The normalized spacial score (nSPS) is 12.9. The summed E-state index contributed by atoms with van der Waals surface area (Å²) in [5.41, 5.74) is 1.19. The number of hydrogen-bond donors (Lipinski definition) is 1. The predicted molar refractivity (Wildman–Crippen MR) is 40.3 cm³/mol. The summed E-state index contributed by atoms with van der Waals surface area (Å²) in [5, 5.41) is 9.14. The first-order valence-corrected chi connectivity index (χ1v) is 3.50. The molecule has 0 amide bonds. The summed E-state index contributed by atoms with van der Waals surface area (Å²) in [6.45, 7) is 6.07. The molecule has 54 valence electrons. The van der Waals surface area contributed by atoms with Crippen LogP contribution in [0.15, 0.2) is 11.6 Å². The second-order valence-electron chi connectivity index (χ2n) is 2.60. The number of rotatable bonds is 3. The highest BCUT2D eigenvalue weighted by molar-refractivity contribution is 4.97. The number of hydrogen-bond acceptors (Lipinski definition) is 1. The van der Waals surface area contributed by atoms with Gasteiger partial charge in [0.15, 0.2) is 0 Å². The van der Waals surface area contributed by atoms with Gasteiger partial charge in [0.25, 0.3) is 0 Å². The van der Waals surface area contributed by atoms with Gasteiger partial charge in [-0.3, -0.25) is 0 Å². The van der Waals surface area contributed by atoms with Gasteiger partial charge in [0, 0.05) is 0 Å². The Bertz CT molecular complexity index is 90.7. The van der Waals surface area contributed by atoms with Crippen molar-refractivity contribution in [3.05, 3.63) is 11.6 Å². The second kappa shape index (κ2) is 4.57. The van der Waals surface area contributed by atoms with Crippen molar-refractivity contribution in [1.82, 2.24) is 0 Å². The summed E-state index contributed by atoms with van der Waals surface area (Å²) in [4.78, 5) is 0. The van der Waals surface area contributed by atoms with E-state index in [1.54, 1.807) is 0 Å². The molecule has 1 nitrogen and oxygen atoms in total. The molecule has 0 fully saturated rings. The molecular weight excluding hydrogens is 112 g/mol. The molecule has 0 aliphatic rings. The first-order chi connectivity index (χ1) is 4.16. The van der Waals surface area contributed by atoms with E-state index in [0.717, 1.165) is 12.8 Å². The fraction of sp³-hybridized carbons (Fsp3) is 0.750. The number of aliphatic hydroxyl groups is 1. The highest BCUT2D eigenvalue weighted by Crippen LogP contribution is 2.00. The van der Waals surface area contributed by atoms with E-state index in [9.17, 15) is 0 Å². The molecule has 0 radical (unpaired) electrons. The molecule has 9 heavy (non-hydrogen) atoms. The van der Waals surface area contributed by atoms with Gasteiger partial charge in [-0.2, -0.15) is 0 Å². The van der Waals surface area contributed by atoms with Gasteiger partial charge < -0.3 is 5.11 Å². The van der Waals surface area contributed by atoms with Crippen molar-refractivity contribution < 1.29 is 5.11 Å². The van der Waals surface area contributed by atoms with Crippen LogP contribution >= 0.6 is 0 Å². The lowest BCUT2D eigenvalue weighted by molar-refractivity contribution is 0.210. The van der Waals surface area contributed by atoms with Crippen LogP contribution in [0.3, 0.4) is 0 Å². The molecule has 0 aromatic rings. The molecule has 0 bridgehead atoms. The lowest BCUT2D eigenvalue weighted by atomic mass is 10.1. The van der Waals surface area contributed by atoms with Crippen molar-refractivity contribution in [2.24, 2.45) is 0 Å². The summed E-state index contributed by atoms with van der Waals surface area (Å²) in [7, 11) is 0. The minimum atomic E-state index is -0.222. The number of allylic oxidation sites excluding steroid dienone is 1. The first kappa shape index (κ1) is 8.70. The summed E-state index contributed by atoms with van der Waals surface area (Å²) >= 11 is 0. The molecular formula is C8H16O. The van der Waals surface area contributed by atoms with Gasteiger partial charge in [0.2, 0.25) is 0 Å². The average Bonchev–Trinajstić information content (AvgIpc) is 1.63. The summed E-state index contributed by atoms with van der Waals surface area (Å²) in [6.07, 6.45) is 3.60. The van der Waals surface area contributed by atoms with E-state index >= 15 is 0 Å². The van der Waals surface area contributed by atoms with Gasteiger partial charge in [0.05, 0.1) is 6.10 Å². The third kappa shape index (κ3) is 5.57. The van der Waals surface area contributed by atoms with E-state index in [-0.39, 0.29) is 6.10 Å². The Hall–Kier alpha value is -0.300. The Morgan fingerprint density at radius 2 is 2.11 bits per heavy atom. The molecule has 1 unspecified atom stereocenters. The van der Waals surface area contributed by atoms with Crippen LogP contribution in [-0.2, 0) is 0 Å². The standard InChI is InChI=1S/C8H16O/c1-4-5-8(9)6-7(2)3/h6,8-9H,4-5H2,1-3H3. The van der Waals surface area contributed by atoms with Crippen LogP contribution in [0.2, 0.25) is 0 Å². The molecule has 0 rings (SSSR count). The van der Waals surface area contributed by atoms with Gasteiger partial charge >= 0.3 is 0 Å². The Morgan fingerprint density at radius 1 is 1.56 bits per heavy atom. The molecule has 0 aliphatic carbocycles. The molecule has 0 saturated carbocycles. The third-order valence-electron chi connectivity index (χ3n) is 1.11. The van der Waals surface area contributed by atoms with Gasteiger partial charge in [-0.05, 0) is 20.3 Å². The van der Waals surface area contributed by atoms with Gasteiger partial charge in [0.1, 0.15) is 0 Å². The Labute approximate surface area is 57.4 Å². The average molecular weight is 128 g/mol. The highest BCUT2D eigenvalue weighted by atomic mass is 16.3. The second-order valence-corrected chi connectivity index (χ2v) is 2.60. The maximum absolute atomic E-state index is 9.14. The van der Waals surface area contributed by atoms with Gasteiger partial charge in [-0.15, -0.1) is 0 Å². The minimum Gasteiger partial charge on any atom is -0.389 e. The minimum absolute atomic E-state index is 0.222. The van der Waals surface area contributed by atoms with Gasteiger partial charge in [-0.1, -0.05) is 25.0 Å². The van der Waals surface area contributed by atoms with Crippen LogP contribution in [0, 0.1) is 0 Å². The number of aliphatic hydroxyl groups excluding tert-OH is 1. The molecule has 0 aromatic carbocycles. The highest BCUT2D eigenvalue weighted by Gasteiger charge is 1.94. The van der Waals surface area contributed by atoms with E-state index in [2.05, 4.69) is 6.92 Å². The predicted octanol–water partition coefficient (Wildman–Crippen LogP) is 2.11. The third-order valence-corrected chi connectivity index (χ3v) is 1.11. The quantitative estimate of drug-likeness (QED) is 0.577. The smallest absolute Gasteiger partial charge is 0.0723 e. The van der Waals surface area contributed by atoms with Crippen molar-refractivity contribution in [1.29, 1.82) is 0 Å². The van der Waals surface area contributed by atoms with Crippen molar-refractivity contribution in [2.75, 3.05) is 0 Å². The van der Waals surface area contributed by atoms with Crippen LogP contribution in [0.4, 0.5) is 0 Å². The SMILES string of the molecule is CCCC(O)C=C(C)C. The van der Waals surface area contributed by atoms with Crippen molar-refractivity contribution in [3.8, 4) is 0 Å². The molecule has 0 heterocycles. The van der Waals surface area contributed by atoms with Crippen LogP contribution in [-0.4, -0.2) is 11.2 Å².